The summed E-state index contributed by atoms with van der Waals surface area (Å²) >= 11 is 0. The molecule has 9 heteroatoms. The molecule has 1 unspecified atom stereocenters. The van der Waals surface area contributed by atoms with Crippen LogP contribution in [0.4, 0.5) is 0 Å². The van der Waals surface area contributed by atoms with Crippen molar-refractivity contribution in [2.24, 2.45) is 0 Å². The van der Waals surface area contributed by atoms with Crippen molar-refractivity contribution in [2.45, 2.75) is 77.7 Å². The topological polar surface area (TPSA) is 96.8 Å². The van der Waals surface area contributed by atoms with E-state index in [2.05, 4.69) is 46.1 Å². The minimum Gasteiger partial charge on any atom is -0.493 e. The summed E-state index contributed by atoms with van der Waals surface area (Å²) in [6, 6.07) is 20.8. The maximum atomic E-state index is 13.8. The molecule has 48 heavy (non-hydrogen) atoms. The normalized spacial score (nSPS) is 16.8. The van der Waals surface area contributed by atoms with Gasteiger partial charge in [0.2, 0.25) is 0 Å². The first-order valence-corrected chi connectivity index (χ1v) is 17.5. The van der Waals surface area contributed by atoms with Crippen LogP contribution in [0, 0.1) is 0 Å². The maximum absolute atomic E-state index is 13.8. The molecule has 5 aromatic rings. The molecule has 0 bridgehead atoms. The first-order chi connectivity index (χ1) is 23.7. The number of nitrogens with zero attached hydrogens (tertiary/aromatic N) is 2. The smallest absolute Gasteiger partial charge is 0.355 e. The molecular formula is C39H45N3O6. The number of benzene rings is 3. The maximum Gasteiger partial charge on any atom is 0.355 e. The Labute approximate surface area is 281 Å². The molecule has 1 N–H and O–H groups in total. The fourth-order valence-corrected chi connectivity index (χ4v) is 7.15. The highest BCUT2D eigenvalue weighted by Crippen LogP contribution is 2.39. The molecule has 0 spiro atoms. The Morgan fingerprint density at radius 3 is 2.71 bits per heavy atom. The lowest BCUT2D eigenvalue weighted by Gasteiger charge is -2.22. The minimum atomic E-state index is -0.288. The lowest BCUT2D eigenvalue weighted by molar-refractivity contribution is -0.161. The molecule has 0 aliphatic carbocycles. The van der Waals surface area contributed by atoms with E-state index in [1.807, 2.05) is 31.2 Å². The van der Waals surface area contributed by atoms with Crippen molar-refractivity contribution in [3.63, 3.8) is 0 Å². The monoisotopic (exact) mass is 651 g/mol. The Morgan fingerprint density at radius 1 is 0.958 bits per heavy atom. The lowest BCUT2D eigenvalue weighted by Crippen LogP contribution is -2.23. The zero-order valence-corrected chi connectivity index (χ0v) is 27.8. The highest BCUT2D eigenvalue weighted by molar-refractivity contribution is 6.05. The summed E-state index contributed by atoms with van der Waals surface area (Å²) in [7, 11) is 0. The predicted molar refractivity (Wildman–Crippen MR) is 185 cm³/mol. The van der Waals surface area contributed by atoms with Gasteiger partial charge in [-0.2, -0.15) is 5.10 Å². The zero-order valence-electron chi connectivity index (χ0n) is 27.8. The fourth-order valence-electron chi connectivity index (χ4n) is 7.15. The number of hydrogen-bond donors (Lipinski definition) is 1. The molecule has 0 radical (unpaired) electrons. The van der Waals surface area contributed by atoms with Crippen LogP contribution < -0.4 is 4.74 Å². The van der Waals surface area contributed by atoms with Crippen LogP contribution in [0.5, 0.6) is 5.75 Å². The van der Waals surface area contributed by atoms with Gasteiger partial charge in [0.05, 0.1) is 43.3 Å². The van der Waals surface area contributed by atoms with E-state index in [4.69, 9.17) is 28.8 Å². The number of esters is 1. The largest absolute Gasteiger partial charge is 0.493 e. The van der Waals surface area contributed by atoms with Crippen molar-refractivity contribution >= 4 is 27.6 Å². The van der Waals surface area contributed by atoms with Gasteiger partial charge >= 0.3 is 5.97 Å². The number of hydrogen-bond acceptors (Lipinski definition) is 7. The van der Waals surface area contributed by atoms with Gasteiger partial charge in [0.15, 0.2) is 6.29 Å². The van der Waals surface area contributed by atoms with Crippen molar-refractivity contribution in [3.05, 3.63) is 83.3 Å². The van der Waals surface area contributed by atoms with Crippen molar-refractivity contribution < 1.29 is 28.5 Å². The molecule has 3 aromatic carbocycles. The Balaban J connectivity index is 1.23. The van der Waals surface area contributed by atoms with Gasteiger partial charge in [-0.3, -0.25) is 5.10 Å². The summed E-state index contributed by atoms with van der Waals surface area (Å²) in [5.41, 5.74) is 6.59. The van der Waals surface area contributed by atoms with Gasteiger partial charge < -0.3 is 28.3 Å². The number of fused-ring (bicyclic) bond motifs is 3. The summed E-state index contributed by atoms with van der Waals surface area (Å²) in [6.45, 7) is 5.71. The van der Waals surface area contributed by atoms with Gasteiger partial charge in [0.1, 0.15) is 11.4 Å². The molecule has 2 aliphatic heterocycles. The number of carbonyl (C=O) groups excluding carboxylic acids is 1. The molecule has 9 nitrogen and oxygen atoms in total. The quantitative estimate of drug-likeness (QED) is 0.115. The van der Waals surface area contributed by atoms with Gasteiger partial charge in [-0.1, -0.05) is 54.6 Å². The molecule has 1 atom stereocenters. The molecule has 252 valence electrons. The summed E-state index contributed by atoms with van der Waals surface area (Å²) in [4.78, 5) is 13.8. The van der Waals surface area contributed by atoms with Crippen molar-refractivity contribution in [3.8, 4) is 16.9 Å². The third kappa shape index (κ3) is 6.86. The summed E-state index contributed by atoms with van der Waals surface area (Å²) in [5, 5.41) is 11.4. The number of para-hydroxylation sites is 1. The first-order valence-electron chi connectivity index (χ1n) is 17.5. The van der Waals surface area contributed by atoms with E-state index in [1.54, 1.807) is 0 Å². The number of carbonyl (C=O) groups is 1. The lowest BCUT2D eigenvalue weighted by atomic mass is 9.97. The highest BCUT2D eigenvalue weighted by atomic mass is 16.7. The van der Waals surface area contributed by atoms with Crippen LogP contribution in [-0.2, 0) is 44.9 Å². The molecule has 4 heterocycles. The molecular weight excluding hydrogens is 606 g/mol. The van der Waals surface area contributed by atoms with E-state index in [0.29, 0.717) is 58.1 Å². The van der Waals surface area contributed by atoms with Crippen molar-refractivity contribution in [2.75, 3.05) is 33.0 Å². The van der Waals surface area contributed by atoms with Crippen LogP contribution in [0.2, 0.25) is 0 Å². The predicted octanol–water partition coefficient (Wildman–Crippen LogP) is 7.77. The number of rotatable bonds is 11. The third-order valence-electron chi connectivity index (χ3n) is 9.37. The van der Waals surface area contributed by atoms with Crippen LogP contribution >= 0.6 is 0 Å². The Kier molecular flexibility index (Phi) is 10.4. The van der Waals surface area contributed by atoms with Crippen LogP contribution in [0.3, 0.4) is 0 Å². The van der Waals surface area contributed by atoms with Crippen molar-refractivity contribution in [1.29, 1.82) is 0 Å². The molecule has 0 amide bonds. The first kappa shape index (κ1) is 32.4. The second-order valence-corrected chi connectivity index (χ2v) is 12.5. The van der Waals surface area contributed by atoms with Crippen molar-refractivity contribution in [1.82, 2.24) is 14.8 Å². The average Bonchev–Trinajstić information content (AvgIpc) is 3.66. The van der Waals surface area contributed by atoms with E-state index in [-0.39, 0.29) is 12.3 Å². The Hall–Kier alpha value is -4.18. The van der Waals surface area contributed by atoms with Gasteiger partial charge in [0, 0.05) is 48.1 Å². The van der Waals surface area contributed by atoms with Crippen LogP contribution in [0.25, 0.3) is 32.8 Å². The van der Waals surface area contributed by atoms with Gasteiger partial charge in [-0.25, -0.2) is 4.79 Å². The van der Waals surface area contributed by atoms with E-state index in [1.165, 1.54) is 0 Å². The molecule has 7 rings (SSSR count). The van der Waals surface area contributed by atoms with Gasteiger partial charge in [0.25, 0.3) is 0 Å². The summed E-state index contributed by atoms with van der Waals surface area (Å²) in [6.07, 6.45) is 6.79. The molecule has 1 fully saturated rings. The number of nitrogens with one attached hydrogen (secondary N) is 1. The minimum absolute atomic E-state index is 0.155. The van der Waals surface area contributed by atoms with Crippen LogP contribution in [0.15, 0.2) is 60.7 Å². The number of H-pyrrole nitrogens is 1. The number of aromatic nitrogens is 3. The van der Waals surface area contributed by atoms with Crippen LogP contribution in [0.1, 0.15) is 72.9 Å². The number of aromatic amines is 1. The Bertz CT molecular complexity index is 1850. The molecule has 2 aliphatic rings. The molecule has 2 aromatic heterocycles. The summed E-state index contributed by atoms with van der Waals surface area (Å²) in [5.74, 6) is 0.586. The van der Waals surface area contributed by atoms with E-state index in [0.717, 1.165) is 101 Å². The standard InChI is InChI=1S/C39H45N3O6/c1-2-45-39(43)38-30(17-11-24-46-34-18-9-13-27-12-3-4-14-28(27)34)29-15-10-16-31-36-32(20-25-48-35-19-5-7-23-47-35)40-41-33(36)26-44-22-8-6-21-42(38)37(29)31/h3-4,9-10,12-16,18,35H,2,5-8,11,17,19-26H2,1H3,(H,40,41). The second kappa shape index (κ2) is 15.4. The van der Waals surface area contributed by atoms with Gasteiger partial charge in [-0.15, -0.1) is 0 Å². The van der Waals surface area contributed by atoms with E-state index < -0.39 is 0 Å². The van der Waals surface area contributed by atoms with Crippen LogP contribution in [-0.4, -0.2) is 60.1 Å². The third-order valence-corrected chi connectivity index (χ3v) is 9.37. The highest BCUT2D eigenvalue weighted by Gasteiger charge is 2.28. The summed E-state index contributed by atoms with van der Waals surface area (Å²) < 4.78 is 32.2. The fraction of sp³-hybridized carbons (Fsp3) is 0.436. The van der Waals surface area contributed by atoms with E-state index in [9.17, 15) is 4.79 Å². The average molecular weight is 652 g/mol. The Morgan fingerprint density at radius 2 is 1.81 bits per heavy atom. The zero-order chi connectivity index (χ0) is 32.7. The molecule has 0 saturated carbocycles. The van der Waals surface area contributed by atoms with Gasteiger partial charge in [-0.05, 0) is 68.9 Å². The second-order valence-electron chi connectivity index (χ2n) is 12.5. The number of aryl methyl sites for hydroxylation is 2. The number of ether oxygens (including phenoxy) is 5. The molecule has 1 saturated heterocycles. The SMILES string of the molecule is CCOC(=O)c1c(CCCOc2cccc3ccccc23)c2cccc3c2n1CCCCOCc1[nH]nc(CCOC2CCCCO2)c1-3. The van der Waals surface area contributed by atoms with E-state index >= 15 is 0 Å².